The van der Waals surface area contributed by atoms with Crippen LogP contribution in [0.5, 0.6) is 0 Å². The molecule has 0 amide bonds. The summed E-state index contributed by atoms with van der Waals surface area (Å²) < 4.78 is 1.09. The van der Waals surface area contributed by atoms with Gasteiger partial charge in [0.05, 0.1) is 5.69 Å². The second-order valence-corrected chi connectivity index (χ2v) is 3.09. The first-order chi connectivity index (χ1) is 5.74. The van der Waals surface area contributed by atoms with E-state index in [0.717, 1.165) is 23.1 Å². The van der Waals surface area contributed by atoms with Gasteiger partial charge in [0.2, 0.25) is 0 Å². The molecule has 0 aliphatic carbocycles. The molecule has 0 radical (unpaired) electrons. The van der Waals surface area contributed by atoms with E-state index < -0.39 is 0 Å². The standard InChI is InChI=1S/C9H13ClN2/c1-2-3-8-4-6-9(7-5-8)12(10)11/h4-7H,2-3,11H2,1H3. The molecule has 2 nitrogen and oxygen atoms in total. The predicted molar refractivity (Wildman–Crippen MR) is 53.0 cm³/mol. The molecule has 0 bridgehead atoms. The number of hydrogen-bond donors (Lipinski definition) is 1. The molecule has 0 heterocycles. The molecule has 1 rings (SSSR count). The van der Waals surface area contributed by atoms with Gasteiger partial charge in [-0.25, -0.2) is 10.4 Å². The van der Waals surface area contributed by atoms with Crippen LogP contribution in [0, 0.1) is 0 Å². The van der Waals surface area contributed by atoms with Crippen molar-refractivity contribution in [2.75, 3.05) is 4.53 Å². The lowest BCUT2D eigenvalue weighted by molar-refractivity contribution is 0.921. The highest BCUT2D eigenvalue weighted by Crippen LogP contribution is 2.14. The van der Waals surface area contributed by atoms with Crippen LogP contribution >= 0.6 is 11.8 Å². The third-order valence-electron chi connectivity index (χ3n) is 1.72. The Balaban J connectivity index is 2.71. The summed E-state index contributed by atoms with van der Waals surface area (Å²) in [5.41, 5.74) is 2.14. The lowest BCUT2D eigenvalue weighted by Crippen LogP contribution is -2.17. The Morgan fingerprint density at radius 2 is 1.92 bits per heavy atom. The van der Waals surface area contributed by atoms with E-state index in [1.807, 2.05) is 24.3 Å². The first kappa shape index (κ1) is 9.36. The summed E-state index contributed by atoms with van der Waals surface area (Å²) >= 11 is 5.54. The molecule has 0 aromatic heterocycles. The molecule has 0 aliphatic rings. The van der Waals surface area contributed by atoms with Crippen LogP contribution in [0.25, 0.3) is 0 Å². The third-order valence-corrected chi connectivity index (χ3v) is 1.92. The number of anilines is 1. The van der Waals surface area contributed by atoms with Gasteiger partial charge in [-0.1, -0.05) is 25.5 Å². The first-order valence-electron chi connectivity index (χ1n) is 4.03. The lowest BCUT2D eigenvalue weighted by atomic mass is 10.1. The number of rotatable bonds is 3. The third kappa shape index (κ3) is 2.40. The predicted octanol–water partition coefficient (Wildman–Crippen LogP) is 2.47. The molecule has 2 N–H and O–H groups in total. The smallest absolute Gasteiger partial charge is 0.0703 e. The van der Waals surface area contributed by atoms with Crippen LogP contribution in [0.1, 0.15) is 18.9 Å². The highest BCUT2D eigenvalue weighted by molar-refractivity contribution is 6.24. The SMILES string of the molecule is CCCc1ccc(N(N)Cl)cc1. The van der Waals surface area contributed by atoms with E-state index in [0.29, 0.717) is 0 Å². The Morgan fingerprint density at radius 1 is 1.33 bits per heavy atom. The van der Waals surface area contributed by atoms with Gasteiger partial charge in [-0.3, -0.25) is 0 Å². The second kappa shape index (κ2) is 4.33. The van der Waals surface area contributed by atoms with E-state index in [2.05, 4.69) is 6.92 Å². The van der Waals surface area contributed by atoms with Gasteiger partial charge < -0.3 is 0 Å². The summed E-state index contributed by atoms with van der Waals surface area (Å²) in [6.07, 6.45) is 2.26. The zero-order chi connectivity index (χ0) is 8.97. The summed E-state index contributed by atoms with van der Waals surface area (Å²) in [7, 11) is 0. The van der Waals surface area contributed by atoms with Crippen molar-refractivity contribution in [1.29, 1.82) is 0 Å². The van der Waals surface area contributed by atoms with Gasteiger partial charge >= 0.3 is 0 Å². The molecule has 0 atom stereocenters. The number of hydrazine groups is 1. The van der Waals surface area contributed by atoms with Crippen LogP contribution < -0.4 is 10.4 Å². The highest BCUT2D eigenvalue weighted by atomic mass is 35.5. The first-order valence-corrected chi connectivity index (χ1v) is 4.37. The zero-order valence-electron chi connectivity index (χ0n) is 7.13. The van der Waals surface area contributed by atoms with Crippen molar-refractivity contribution < 1.29 is 0 Å². The maximum absolute atomic E-state index is 5.54. The minimum absolute atomic E-state index is 0.816. The molecule has 1 aromatic rings. The van der Waals surface area contributed by atoms with Crippen LogP contribution in [0.15, 0.2) is 24.3 Å². The van der Waals surface area contributed by atoms with Gasteiger partial charge in [0.15, 0.2) is 0 Å². The van der Waals surface area contributed by atoms with E-state index in [9.17, 15) is 0 Å². The maximum atomic E-state index is 5.54. The molecule has 1 aromatic carbocycles. The fraction of sp³-hybridized carbons (Fsp3) is 0.333. The minimum Gasteiger partial charge on any atom is -0.232 e. The van der Waals surface area contributed by atoms with Gasteiger partial charge in [0, 0.05) is 11.8 Å². The Morgan fingerprint density at radius 3 is 2.33 bits per heavy atom. The molecule has 12 heavy (non-hydrogen) atoms. The minimum atomic E-state index is 0.816. The van der Waals surface area contributed by atoms with Crippen molar-refractivity contribution >= 4 is 17.5 Å². The van der Waals surface area contributed by atoms with Crippen molar-refractivity contribution in [2.45, 2.75) is 19.8 Å². The molecule has 0 spiro atoms. The number of benzene rings is 1. The zero-order valence-corrected chi connectivity index (χ0v) is 7.88. The summed E-state index contributed by atoms with van der Waals surface area (Å²) in [6, 6.07) is 7.91. The van der Waals surface area contributed by atoms with E-state index in [1.54, 1.807) is 0 Å². The van der Waals surface area contributed by atoms with Crippen LogP contribution in [-0.4, -0.2) is 0 Å². The Kier molecular flexibility index (Phi) is 3.38. The van der Waals surface area contributed by atoms with Crippen LogP contribution in [-0.2, 0) is 6.42 Å². The van der Waals surface area contributed by atoms with Gasteiger partial charge in [-0.05, 0) is 24.1 Å². The van der Waals surface area contributed by atoms with Crippen molar-refractivity contribution in [3.8, 4) is 0 Å². The van der Waals surface area contributed by atoms with Gasteiger partial charge in [0.1, 0.15) is 0 Å². The summed E-state index contributed by atoms with van der Waals surface area (Å²) in [4.78, 5) is 0. The quantitative estimate of drug-likeness (QED) is 0.444. The summed E-state index contributed by atoms with van der Waals surface area (Å²) in [5, 5.41) is 0. The second-order valence-electron chi connectivity index (χ2n) is 2.73. The molecule has 66 valence electrons. The topological polar surface area (TPSA) is 29.3 Å². The van der Waals surface area contributed by atoms with E-state index in [-0.39, 0.29) is 0 Å². The molecule has 0 saturated heterocycles. The van der Waals surface area contributed by atoms with Crippen molar-refractivity contribution in [3.05, 3.63) is 29.8 Å². The molecule has 0 aliphatic heterocycles. The summed E-state index contributed by atoms with van der Waals surface area (Å²) in [6.45, 7) is 2.16. The molecule has 0 unspecified atom stereocenters. The van der Waals surface area contributed by atoms with Crippen molar-refractivity contribution in [2.24, 2.45) is 5.84 Å². The number of nitrogens with zero attached hydrogens (tertiary/aromatic N) is 1. The van der Waals surface area contributed by atoms with Crippen molar-refractivity contribution in [3.63, 3.8) is 0 Å². The maximum Gasteiger partial charge on any atom is 0.0703 e. The van der Waals surface area contributed by atoms with Crippen LogP contribution in [0.4, 0.5) is 5.69 Å². The van der Waals surface area contributed by atoms with E-state index >= 15 is 0 Å². The molecular weight excluding hydrogens is 172 g/mol. The number of hydrogen-bond acceptors (Lipinski definition) is 2. The van der Waals surface area contributed by atoms with Crippen LogP contribution in [0.3, 0.4) is 0 Å². The monoisotopic (exact) mass is 184 g/mol. The fourth-order valence-corrected chi connectivity index (χ4v) is 1.21. The molecular formula is C9H13ClN2. The molecule has 0 saturated carbocycles. The Hall–Kier alpha value is -0.730. The molecule has 3 heteroatoms. The Bertz CT molecular complexity index is 231. The number of aryl methyl sites for hydroxylation is 1. The van der Waals surface area contributed by atoms with Gasteiger partial charge in [-0.15, -0.1) is 0 Å². The van der Waals surface area contributed by atoms with Gasteiger partial charge in [-0.2, -0.15) is 0 Å². The van der Waals surface area contributed by atoms with E-state index in [4.69, 9.17) is 17.6 Å². The lowest BCUT2D eigenvalue weighted by Gasteiger charge is -2.08. The normalized spacial score (nSPS) is 9.92. The largest absolute Gasteiger partial charge is 0.232 e. The highest BCUT2D eigenvalue weighted by Gasteiger charge is 1.96. The average Bonchev–Trinajstić information content (AvgIpc) is 2.06. The van der Waals surface area contributed by atoms with Crippen LogP contribution in [0.2, 0.25) is 0 Å². The average molecular weight is 185 g/mol. The Labute approximate surface area is 78.0 Å². The van der Waals surface area contributed by atoms with Crippen molar-refractivity contribution in [1.82, 2.24) is 0 Å². The van der Waals surface area contributed by atoms with Gasteiger partial charge in [0.25, 0.3) is 0 Å². The summed E-state index contributed by atoms with van der Waals surface area (Å²) in [5.74, 6) is 5.34. The fourth-order valence-electron chi connectivity index (χ4n) is 1.09. The number of halogens is 1. The number of nitrogens with two attached hydrogens (primary N) is 1. The van der Waals surface area contributed by atoms with E-state index in [1.165, 1.54) is 5.56 Å². The molecule has 0 fully saturated rings.